The molecule has 1 aromatic heterocycles. The van der Waals surface area contributed by atoms with Crippen LogP contribution in [0, 0.1) is 11.6 Å². The van der Waals surface area contributed by atoms with E-state index < -0.39 is 39.8 Å². The van der Waals surface area contributed by atoms with Crippen LogP contribution in [0.1, 0.15) is 5.69 Å². The van der Waals surface area contributed by atoms with Crippen LogP contribution in [0.5, 0.6) is 0 Å². The zero-order valence-corrected chi connectivity index (χ0v) is 8.03. The maximum Gasteiger partial charge on any atom is 0.431 e. The third-order valence-corrected chi connectivity index (χ3v) is 2.19. The van der Waals surface area contributed by atoms with E-state index in [1.807, 2.05) is 0 Å². The van der Waals surface area contributed by atoms with E-state index in [0.717, 1.165) is 0 Å². The minimum absolute atomic E-state index is 0.199. The molecule has 1 aromatic carbocycles. The van der Waals surface area contributed by atoms with Gasteiger partial charge in [0.1, 0.15) is 17.3 Å². The Labute approximate surface area is 90.7 Å². The molecule has 0 unspecified atom stereocenters. The minimum atomic E-state index is -4.83. The van der Waals surface area contributed by atoms with Crippen molar-refractivity contribution < 1.29 is 22.0 Å². The monoisotopic (exact) mass is 249 g/mol. The van der Waals surface area contributed by atoms with Gasteiger partial charge in [-0.2, -0.15) is 13.2 Å². The summed E-state index contributed by atoms with van der Waals surface area (Å²) < 4.78 is 63.4. The highest BCUT2D eigenvalue weighted by molar-refractivity contribution is 5.79. The molecular weight excluding hydrogens is 245 g/mol. The Morgan fingerprint density at radius 2 is 1.65 bits per heavy atom. The maximum atomic E-state index is 13.2. The van der Waals surface area contributed by atoms with E-state index in [1.165, 1.54) is 0 Å². The van der Waals surface area contributed by atoms with Crippen LogP contribution in [0.3, 0.4) is 0 Å². The Hall–Kier alpha value is -1.92. The molecule has 0 amide bonds. The first-order valence-corrected chi connectivity index (χ1v) is 4.39. The summed E-state index contributed by atoms with van der Waals surface area (Å²) in [5.41, 5.74) is -3.42. The van der Waals surface area contributed by atoms with E-state index >= 15 is 0 Å². The van der Waals surface area contributed by atoms with Crippen molar-refractivity contribution in [3.63, 3.8) is 0 Å². The average Bonchev–Trinajstić information content (AvgIpc) is 2.21. The van der Waals surface area contributed by atoms with Gasteiger partial charge in [0.15, 0.2) is 5.43 Å². The first-order valence-electron chi connectivity index (χ1n) is 4.39. The number of benzene rings is 1. The molecule has 0 aliphatic rings. The Kier molecular flexibility index (Phi) is 2.41. The molecule has 90 valence electrons. The van der Waals surface area contributed by atoms with Gasteiger partial charge in [-0.15, -0.1) is 0 Å². The van der Waals surface area contributed by atoms with Crippen LogP contribution in [0.25, 0.3) is 10.9 Å². The molecule has 0 saturated heterocycles. The van der Waals surface area contributed by atoms with Crippen LogP contribution in [-0.2, 0) is 6.18 Å². The summed E-state index contributed by atoms with van der Waals surface area (Å²) in [6.45, 7) is 0. The van der Waals surface area contributed by atoms with E-state index in [0.29, 0.717) is 12.1 Å². The van der Waals surface area contributed by atoms with E-state index in [9.17, 15) is 26.7 Å². The molecule has 17 heavy (non-hydrogen) atoms. The van der Waals surface area contributed by atoms with Crippen LogP contribution in [0.4, 0.5) is 22.0 Å². The Balaban J connectivity index is 2.92. The van der Waals surface area contributed by atoms with Crippen LogP contribution < -0.4 is 5.43 Å². The third kappa shape index (κ3) is 1.88. The number of fused-ring (bicyclic) bond motifs is 1. The van der Waals surface area contributed by atoms with Crippen molar-refractivity contribution >= 4 is 10.9 Å². The van der Waals surface area contributed by atoms with Gasteiger partial charge in [-0.3, -0.25) is 4.79 Å². The number of H-pyrrole nitrogens is 1. The summed E-state index contributed by atoms with van der Waals surface area (Å²) in [4.78, 5) is 13.0. The van der Waals surface area contributed by atoms with Gasteiger partial charge in [0.2, 0.25) is 0 Å². The van der Waals surface area contributed by atoms with Crippen LogP contribution in [0.2, 0.25) is 0 Å². The highest BCUT2D eigenvalue weighted by atomic mass is 19.4. The Morgan fingerprint density at radius 3 is 2.24 bits per heavy atom. The number of rotatable bonds is 0. The van der Waals surface area contributed by atoms with E-state index in [1.54, 1.807) is 4.98 Å². The number of hydrogen-bond acceptors (Lipinski definition) is 1. The van der Waals surface area contributed by atoms with Gasteiger partial charge in [-0.1, -0.05) is 0 Å². The van der Waals surface area contributed by atoms with Crippen molar-refractivity contribution in [1.82, 2.24) is 4.98 Å². The largest absolute Gasteiger partial charge is 0.431 e. The van der Waals surface area contributed by atoms with Gasteiger partial charge >= 0.3 is 6.18 Å². The summed E-state index contributed by atoms with van der Waals surface area (Å²) in [6, 6.07) is 1.53. The lowest BCUT2D eigenvalue weighted by Crippen LogP contribution is -2.15. The first-order chi connectivity index (χ1) is 7.80. The number of halogens is 5. The lowest BCUT2D eigenvalue weighted by molar-refractivity contribution is -0.141. The molecule has 0 aliphatic heterocycles. The van der Waals surface area contributed by atoms with Crippen LogP contribution in [-0.4, -0.2) is 4.98 Å². The lowest BCUT2D eigenvalue weighted by Gasteiger charge is -2.08. The third-order valence-electron chi connectivity index (χ3n) is 2.19. The number of aromatic amines is 1. The minimum Gasteiger partial charge on any atom is -0.348 e. The Morgan fingerprint density at radius 1 is 1.06 bits per heavy atom. The van der Waals surface area contributed by atoms with Crippen molar-refractivity contribution in [2.75, 3.05) is 0 Å². The zero-order chi connectivity index (χ0) is 12.8. The molecule has 0 bridgehead atoms. The highest BCUT2D eigenvalue weighted by Gasteiger charge is 2.33. The molecule has 0 fully saturated rings. The molecule has 2 rings (SSSR count). The lowest BCUT2D eigenvalue weighted by atomic mass is 10.1. The summed E-state index contributed by atoms with van der Waals surface area (Å²) in [5.74, 6) is -2.19. The first kappa shape index (κ1) is 11.6. The number of aromatic nitrogens is 1. The van der Waals surface area contributed by atoms with Gasteiger partial charge in [-0.05, 0) is 12.1 Å². The standard InChI is InChI=1S/C10H4F5NO/c11-4-1-2-5(12)9-8(4)6(17)3-7(16-9)10(13,14)15/h1-3H,(H,16,17). The summed E-state index contributed by atoms with van der Waals surface area (Å²) in [6.07, 6.45) is -4.83. The van der Waals surface area contributed by atoms with Crippen LogP contribution >= 0.6 is 0 Å². The molecule has 1 N–H and O–H groups in total. The fourth-order valence-corrected chi connectivity index (χ4v) is 1.44. The van der Waals surface area contributed by atoms with Gasteiger partial charge < -0.3 is 4.98 Å². The molecule has 2 nitrogen and oxygen atoms in total. The second-order valence-electron chi connectivity index (χ2n) is 3.32. The van der Waals surface area contributed by atoms with E-state index in [-0.39, 0.29) is 6.07 Å². The van der Waals surface area contributed by atoms with Crippen molar-refractivity contribution in [3.8, 4) is 0 Å². The molecule has 0 radical (unpaired) electrons. The fourth-order valence-electron chi connectivity index (χ4n) is 1.44. The van der Waals surface area contributed by atoms with Crippen molar-refractivity contribution in [3.05, 3.63) is 45.8 Å². The predicted octanol–water partition coefficient (Wildman–Crippen LogP) is 2.83. The topological polar surface area (TPSA) is 32.9 Å². The van der Waals surface area contributed by atoms with E-state index in [2.05, 4.69) is 0 Å². The average molecular weight is 249 g/mol. The second kappa shape index (κ2) is 3.54. The van der Waals surface area contributed by atoms with Crippen molar-refractivity contribution in [1.29, 1.82) is 0 Å². The van der Waals surface area contributed by atoms with Gasteiger partial charge in [0.05, 0.1) is 10.9 Å². The molecule has 2 aromatic rings. The summed E-state index contributed by atoms with van der Waals surface area (Å²) in [7, 11) is 0. The molecule has 0 atom stereocenters. The SMILES string of the molecule is O=c1cc(C(F)(F)F)[nH]c2c(F)ccc(F)c12. The normalized spacial score (nSPS) is 12.1. The fraction of sp³-hybridized carbons (Fsp3) is 0.100. The maximum absolute atomic E-state index is 13.2. The molecule has 1 heterocycles. The van der Waals surface area contributed by atoms with Crippen molar-refractivity contribution in [2.24, 2.45) is 0 Å². The van der Waals surface area contributed by atoms with Crippen molar-refractivity contribution in [2.45, 2.75) is 6.18 Å². The molecule has 7 heteroatoms. The number of nitrogens with one attached hydrogen (secondary N) is 1. The quantitative estimate of drug-likeness (QED) is 0.715. The number of alkyl halides is 3. The Bertz CT molecular complexity index is 643. The molecule has 0 aliphatic carbocycles. The summed E-state index contributed by atoms with van der Waals surface area (Å²) in [5, 5.41) is -0.724. The predicted molar refractivity (Wildman–Crippen MR) is 49.5 cm³/mol. The molecule has 0 spiro atoms. The van der Waals surface area contributed by atoms with Gasteiger partial charge in [0, 0.05) is 6.07 Å². The zero-order valence-electron chi connectivity index (χ0n) is 8.03. The smallest absolute Gasteiger partial charge is 0.348 e. The van der Waals surface area contributed by atoms with Gasteiger partial charge in [0.25, 0.3) is 0 Å². The van der Waals surface area contributed by atoms with E-state index in [4.69, 9.17) is 0 Å². The highest BCUT2D eigenvalue weighted by Crippen LogP contribution is 2.28. The second-order valence-corrected chi connectivity index (χ2v) is 3.32. The van der Waals surface area contributed by atoms with Gasteiger partial charge in [-0.25, -0.2) is 8.78 Å². The number of hydrogen-bond donors (Lipinski definition) is 1. The molecular formula is C10H4F5NO. The molecule has 0 saturated carbocycles. The van der Waals surface area contributed by atoms with Crippen LogP contribution in [0.15, 0.2) is 23.0 Å². The number of pyridine rings is 1. The summed E-state index contributed by atoms with van der Waals surface area (Å²) >= 11 is 0.